The van der Waals surface area contributed by atoms with Gasteiger partial charge in [-0.1, -0.05) is 13.3 Å². The van der Waals surface area contributed by atoms with Gasteiger partial charge in [0.2, 0.25) is 0 Å². The maximum Gasteiger partial charge on any atom is 0.308 e. The Morgan fingerprint density at radius 3 is 2.48 bits per heavy atom. The highest BCUT2D eigenvalue weighted by molar-refractivity contribution is 5.95. The number of anilines is 1. The average molecular weight is 318 g/mol. The van der Waals surface area contributed by atoms with E-state index in [1.54, 1.807) is 4.90 Å². The van der Waals surface area contributed by atoms with E-state index in [1.807, 2.05) is 24.3 Å². The summed E-state index contributed by atoms with van der Waals surface area (Å²) in [5.41, 5.74) is 1.76. The van der Waals surface area contributed by atoms with Crippen LogP contribution in [0.2, 0.25) is 0 Å². The number of hydrogen-bond donors (Lipinski definition) is 1. The number of carboxylic acid groups (broad SMARTS) is 1. The molecule has 126 valence electrons. The summed E-state index contributed by atoms with van der Waals surface area (Å²) < 4.78 is 0. The number of carbonyl (C=O) groups is 2. The molecule has 23 heavy (non-hydrogen) atoms. The van der Waals surface area contributed by atoms with E-state index in [2.05, 4.69) is 18.7 Å². The molecule has 0 radical (unpaired) electrons. The fourth-order valence-corrected chi connectivity index (χ4v) is 2.96. The molecule has 1 fully saturated rings. The van der Waals surface area contributed by atoms with Gasteiger partial charge in [0.25, 0.3) is 5.91 Å². The van der Waals surface area contributed by atoms with Gasteiger partial charge in [-0.2, -0.15) is 0 Å². The third-order valence-electron chi connectivity index (χ3n) is 4.47. The van der Waals surface area contributed by atoms with Gasteiger partial charge in [-0.25, -0.2) is 0 Å². The highest BCUT2D eigenvalue weighted by atomic mass is 16.4. The van der Waals surface area contributed by atoms with Gasteiger partial charge in [0.1, 0.15) is 0 Å². The lowest BCUT2D eigenvalue weighted by Gasteiger charge is -2.23. The van der Waals surface area contributed by atoms with Crippen LogP contribution in [0.1, 0.15) is 43.5 Å². The van der Waals surface area contributed by atoms with Crippen molar-refractivity contribution in [2.75, 3.05) is 31.1 Å². The van der Waals surface area contributed by atoms with Crippen LogP contribution in [-0.4, -0.2) is 48.1 Å². The molecule has 0 saturated carbocycles. The largest absolute Gasteiger partial charge is 0.481 e. The van der Waals surface area contributed by atoms with Gasteiger partial charge in [0, 0.05) is 37.4 Å². The number of unbranched alkanes of at least 4 members (excludes halogenated alkanes) is 1. The van der Waals surface area contributed by atoms with Crippen molar-refractivity contribution < 1.29 is 14.7 Å². The van der Waals surface area contributed by atoms with Crippen LogP contribution in [0.3, 0.4) is 0 Å². The topological polar surface area (TPSA) is 60.9 Å². The Morgan fingerprint density at radius 2 is 1.96 bits per heavy atom. The summed E-state index contributed by atoms with van der Waals surface area (Å²) in [6.45, 7) is 7.11. The summed E-state index contributed by atoms with van der Waals surface area (Å²) in [5, 5.41) is 9.04. The van der Waals surface area contributed by atoms with Gasteiger partial charge in [-0.05, 0) is 44.0 Å². The summed E-state index contributed by atoms with van der Waals surface area (Å²) >= 11 is 0. The molecule has 1 saturated heterocycles. The Morgan fingerprint density at radius 1 is 1.26 bits per heavy atom. The molecule has 1 amide bonds. The smallest absolute Gasteiger partial charge is 0.308 e. The number of hydrogen-bond acceptors (Lipinski definition) is 3. The van der Waals surface area contributed by atoms with Crippen LogP contribution in [0.25, 0.3) is 0 Å². The second kappa shape index (κ2) is 7.99. The molecule has 1 aliphatic heterocycles. The first-order valence-corrected chi connectivity index (χ1v) is 8.43. The summed E-state index contributed by atoms with van der Waals surface area (Å²) in [7, 11) is 0. The zero-order valence-electron chi connectivity index (χ0n) is 14.0. The molecule has 0 aromatic heterocycles. The maximum atomic E-state index is 12.5. The zero-order valence-corrected chi connectivity index (χ0v) is 14.0. The van der Waals surface area contributed by atoms with Crippen LogP contribution in [-0.2, 0) is 4.79 Å². The summed E-state index contributed by atoms with van der Waals surface area (Å²) in [4.78, 5) is 27.4. The number of rotatable bonds is 7. The third kappa shape index (κ3) is 4.24. The predicted octanol–water partition coefficient (Wildman–Crippen LogP) is 2.86. The number of carbonyl (C=O) groups excluding carboxylic acids is 1. The lowest BCUT2D eigenvalue weighted by atomic mass is 10.1. The van der Waals surface area contributed by atoms with Crippen molar-refractivity contribution in [3.05, 3.63) is 29.8 Å². The van der Waals surface area contributed by atoms with Crippen LogP contribution >= 0.6 is 0 Å². The quantitative estimate of drug-likeness (QED) is 0.840. The van der Waals surface area contributed by atoms with Crippen molar-refractivity contribution in [1.29, 1.82) is 0 Å². The van der Waals surface area contributed by atoms with Crippen LogP contribution in [0, 0.1) is 5.92 Å². The van der Waals surface area contributed by atoms with Crippen molar-refractivity contribution in [2.24, 2.45) is 5.92 Å². The lowest BCUT2D eigenvalue weighted by Crippen LogP contribution is -2.30. The van der Waals surface area contributed by atoms with Crippen molar-refractivity contribution in [1.82, 2.24) is 4.90 Å². The molecule has 1 atom stereocenters. The van der Waals surface area contributed by atoms with Gasteiger partial charge in [0.15, 0.2) is 0 Å². The first kappa shape index (κ1) is 17.3. The van der Waals surface area contributed by atoms with Crippen molar-refractivity contribution in [3.63, 3.8) is 0 Å². The molecule has 5 heteroatoms. The van der Waals surface area contributed by atoms with E-state index in [0.717, 1.165) is 31.6 Å². The number of nitrogens with zero attached hydrogens (tertiary/aromatic N) is 2. The Labute approximate surface area is 137 Å². The average Bonchev–Trinajstić information content (AvgIpc) is 3.06. The van der Waals surface area contributed by atoms with Crippen molar-refractivity contribution >= 4 is 17.6 Å². The third-order valence-corrected chi connectivity index (χ3v) is 4.47. The van der Waals surface area contributed by atoms with Crippen molar-refractivity contribution in [2.45, 2.75) is 33.1 Å². The predicted molar refractivity (Wildman–Crippen MR) is 90.9 cm³/mol. The Balaban J connectivity index is 2.01. The van der Waals surface area contributed by atoms with E-state index in [-0.39, 0.29) is 5.91 Å². The fourth-order valence-electron chi connectivity index (χ4n) is 2.96. The molecular formula is C18H26N2O3. The van der Waals surface area contributed by atoms with E-state index in [4.69, 9.17) is 5.11 Å². The summed E-state index contributed by atoms with van der Waals surface area (Å²) in [6, 6.07) is 7.66. The lowest BCUT2D eigenvalue weighted by molar-refractivity contribution is -0.141. The molecule has 1 heterocycles. The molecule has 2 rings (SSSR count). The van der Waals surface area contributed by atoms with E-state index >= 15 is 0 Å². The van der Waals surface area contributed by atoms with E-state index in [9.17, 15) is 9.59 Å². The Kier molecular flexibility index (Phi) is 6.02. The molecular weight excluding hydrogens is 292 g/mol. The molecule has 1 aromatic carbocycles. The van der Waals surface area contributed by atoms with E-state index in [1.165, 1.54) is 0 Å². The SMILES string of the molecule is CCCCN(CC)c1ccc(C(=O)N2CCC(C(=O)O)C2)cc1. The Hall–Kier alpha value is -2.04. The van der Waals surface area contributed by atoms with E-state index < -0.39 is 11.9 Å². The molecule has 1 aromatic rings. The first-order chi connectivity index (χ1) is 11.1. The number of aliphatic carboxylic acids is 1. The van der Waals surface area contributed by atoms with Gasteiger partial charge in [-0.15, -0.1) is 0 Å². The highest BCUT2D eigenvalue weighted by Crippen LogP contribution is 2.21. The summed E-state index contributed by atoms with van der Waals surface area (Å²) in [5.74, 6) is -1.31. The fraction of sp³-hybridized carbons (Fsp3) is 0.556. The second-order valence-corrected chi connectivity index (χ2v) is 6.06. The molecule has 0 bridgehead atoms. The van der Waals surface area contributed by atoms with E-state index in [0.29, 0.717) is 25.1 Å². The Bertz CT molecular complexity index is 542. The van der Waals surface area contributed by atoms with Gasteiger partial charge < -0.3 is 14.9 Å². The number of likely N-dealkylation sites (tertiary alicyclic amines) is 1. The van der Waals surface area contributed by atoms with Crippen LogP contribution in [0.15, 0.2) is 24.3 Å². The first-order valence-electron chi connectivity index (χ1n) is 8.43. The standard InChI is InChI=1S/C18H26N2O3/c1-3-5-11-19(4-2)16-8-6-14(7-9-16)17(21)20-12-10-15(13-20)18(22)23/h6-9,15H,3-5,10-13H2,1-2H3,(H,22,23). The van der Waals surface area contributed by atoms with Gasteiger partial charge >= 0.3 is 5.97 Å². The normalized spacial score (nSPS) is 17.3. The molecule has 1 aliphatic rings. The maximum absolute atomic E-state index is 12.5. The number of carboxylic acids is 1. The minimum absolute atomic E-state index is 0.0723. The molecule has 1 unspecified atom stereocenters. The van der Waals surface area contributed by atoms with Crippen molar-refractivity contribution in [3.8, 4) is 0 Å². The molecule has 5 nitrogen and oxygen atoms in total. The number of amides is 1. The van der Waals surface area contributed by atoms with Gasteiger partial charge in [0.05, 0.1) is 5.92 Å². The van der Waals surface area contributed by atoms with Crippen LogP contribution in [0.4, 0.5) is 5.69 Å². The highest BCUT2D eigenvalue weighted by Gasteiger charge is 2.31. The molecule has 0 aliphatic carbocycles. The summed E-state index contributed by atoms with van der Waals surface area (Å²) in [6.07, 6.45) is 2.85. The van der Waals surface area contributed by atoms with Crippen LogP contribution < -0.4 is 4.90 Å². The second-order valence-electron chi connectivity index (χ2n) is 6.06. The minimum atomic E-state index is -0.815. The molecule has 0 spiro atoms. The molecule has 1 N–H and O–H groups in total. The monoisotopic (exact) mass is 318 g/mol. The minimum Gasteiger partial charge on any atom is -0.481 e. The van der Waals surface area contributed by atoms with Gasteiger partial charge in [-0.3, -0.25) is 9.59 Å². The zero-order chi connectivity index (χ0) is 16.8. The number of benzene rings is 1. The van der Waals surface area contributed by atoms with Crippen LogP contribution in [0.5, 0.6) is 0 Å².